The second-order valence-electron chi connectivity index (χ2n) is 13.4. The van der Waals surface area contributed by atoms with Crippen molar-refractivity contribution in [3.05, 3.63) is 75.1 Å². The maximum absolute atomic E-state index is 15.4. The number of amides is 4. The highest BCUT2D eigenvalue weighted by atomic mass is 35.5. The normalized spacial score (nSPS) is 23.8. The van der Waals surface area contributed by atoms with Gasteiger partial charge in [0.15, 0.2) is 0 Å². The van der Waals surface area contributed by atoms with Crippen molar-refractivity contribution >= 4 is 40.8 Å². The fraction of sp³-hybridized carbons (Fsp3) is 0.471. The lowest BCUT2D eigenvalue weighted by Crippen LogP contribution is -2.56. The van der Waals surface area contributed by atoms with E-state index in [1.807, 2.05) is 24.3 Å². The number of carbonyl (C=O) groups is 4. The monoisotopic (exact) mass is 638 g/mol. The number of alkyl halides is 1. The third kappa shape index (κ3) is 6.27. The van der Waals surface area contributed by atoms with Crippen molar-refractivity contribution < 1.29 is 28.0 Å². The van der Waals surface area contributed by atoms with E-state index < -0.39 is 48.2 Å². The van der Waals surface area contributed by atoms with Crippen LogP contribution in [0.25, 0.3) is 5.57 Å². The molecule has 2 aromatic rings. The van der Waals surface area contributed by atoms with Crippen LogP contribution in [0.4, 0.5) is 8.78 Å². The zero-order chi connectivity index (χ0) is 32.0. The Bertz CT molecular complexity index is 1590. The summed E-state index contributed by atoms with van der Waals surface area (Å²) in [5.74, 6) is -2.97. The van der Waals surface area contributed by atoms with E-state index in [4.69, 9.17) is 11.6 Å². The third-order valence-electron chi connectivity index (χ3n) is 9.64. The zero-order valence-corrected chi connectivity index (χ0v) is 26.3. The van der Waals surface area contributed by atoms with Crippen LogP contribution in [0.15, 0.2) is 42.0 Å². The molecular formula is C34H37ClF2N4O4. The quantitative estimate of drug-likeness (QED) is 0.450. The van der Waals surface area contributed by atoms with Crippen molar-refractivity contribution in [1.29, 1.82) is 0 Å². The summed E-state index contributed by atoms with van der Waals surface area (Å²) in [5, 5.41) is 2.92. The van der Waals surface area contributed by atoms with Gasteiger partial charge in [0.1, 0.15) is 18.5 Å². The maximum atomic E-state index is 15.4. The van der Waals surface area contributed by atoms with Crippen LogP contribution in [0.5, 0.6) is 0 Å². The number of nitrogens with zero attached hydrogens (tertiary/aromatic N) is 3. The Hall–Kier alpha value is -3.63. The highest BCUT2D eigenvalue weighted by Crippen LogP contribution is 2.43. The Morgan fingerprint density at radius 3 is 2.56 bits per heavy atom. The van der Waals surface area contributed by atoms with Crippen LogP contribution >= 0.6 is 11.6 Å². The molecule has 4 aliphatic rings. The Kier molecular flexibility index (Phi) is 8.56. The number of nitrogens with one attached hydrogen (secondary N) is 1. The fourth-order valence-electron chi connectivity index (χ4n) is 7.10. The largest absolute Gasteiger partial charge is 0.330 e. The van der Waals surface area contributed by atoms with E-state index in [1.165, 1.54) is 27.0 Å². The summed E-state index contributed by atoms with van der Waals surface area (Å²) >= 11 is 6.15. The lowest BCUT2D eigenvalue weighted by Gasteiger charge is -2.42. The topological polar surface area (TPSA) is 90.0 Å². The number of piperazine rings is 1. The number of hydrogen-bond donors (Lipinski definition) is 1. The molecule has 2 aromatic carbocycles. The van der Waals surface area contributed by atoms with Crippen LogP contribution < -0.4 is 5.32 Å². The van der Waals surface area contributed by atoms with Gasteiger partial charge in [0.2, 0.25) is 11.8 Å². The Morgan fingerprint density at radius 2 is 1.84 bits per heavy atom. The van der Waals surface area contributed by atoms with Gasteiger partial charge in [0.05, 0.1) is 11.6 Å². The SMILES string of the molecule is CC1(C)CCC(CN2CCN(C(=O)c3cc4c(cc3F)C(=O)N(C3CCC(=O)NC3=O)C4)C(CF)C2)=C(c2ccc(Cl)cc2)C1. The summed E-state index contributed by atoms with van der Waals surface area (Å²) in [4.78, 5) is 55.5. The fourth-order valence-corrected chi connectivity index (χ4v) is 7.23. The van der Waals surface area contributed by atoms with E-state index >= 15 is 4.39 Å². The van der Waals surface area contributed by atoms with Crippen LogP contribution in [0.1, 0.15) is 77.8 Å². The van der Waals surface area contributed by atoms with Crippen molar-refractivity contribution in [1.82, 2.24) is 20.0 Å². The van der Waals surface area contributed by atoms with Crippen molar-refractivity contribution in [3.8, 4) is 0 Å². The van der Waals surface area contributed by atoms with Crippen molar-refractivity contribution in [2.24, 2.45) is 5.41 Å². The van der Waals surface area contributed by atoms with Gasteiger partial charge in [-0.3, -0.25) is 29.4 Å². The van der Waals surface area contributed by atoms with Crippen LogP contribution in [0.3, 0.4) is 0 Å². The molecule has 45 heavy (non-hydrogen) atoms. The van der Waals surface area contributed by atoms with Crippen LogP contribution in [-0.2, 0) is 16.1 Å². The van der Waals surface area contributed by atoms with Gasteiger partial charge in [-0.15, -0.1) is 0 Å². The number of imide groups is 1. The second-order valence-corrected chi connectivity index (χ2v) is 13.8. The van der Waals surface area contributed by atoms with E-state index in [2.05, 4.69) is 24.1 Å². The van der Waals surface area contributed by atoms with Gasteiger partial charge in [-0.1, -0.05) is 43.2 Å². The molecule has 2 saturated heterocycles. The molecule has 11 heteroatoms. The molecule has 2 fully saturated rings. The van der Waals surface area contributed by atoms with Crippen molar-refractivity contribution in [2.75, 3.05) is 32.9 Å². The zero-order valence-electron chi connectivity index (χ0n) is 25.5. The number of rotatable bonds is 6. The summed E-state index contributed by atoms with van der Waals surface area (Å²) in [7, 11) is 0. The van der Waals surface area contributed by atoms with Crippen LogP contribution in [0.2, 0.25) is 5.02 Å². The molecule has 8 nitrogen and oxygen atoms in total. The summed E-state index contributed by atoms with van der Waals surface area (Å²) in [5.41, 5.74) is 4.19. The first-order chi connectivity index (χ1) is 21.4. The minimum atomic E-state index is -0.861. The smallest absolute Gasteiger partial charge is 0.257 e. The highest BCUT2D eigenvalue weighted by Gasteiger charge is 2.41. The molecule has 6 rings (SSSR count). The molecule has 1 N–H and O–H groups in total. The Labute approximate surface area is 266 Å². The van der Waals surface area contributed by atoms with Gasteiger partial charge < -0.3 is 9.80 Å². The molecule has 238 valence electrons. The summed E-state index contributed by atoms with van der Waals surface area (Å²) in [6, 6.07) is 8.67. The number of allylic oxidation sites excluding steroid dienone is 1. The van der Waals surface area contributed by atoms with E-state index in [0.717, 1.165) is 30.9 Å². The first-order valence-electron chi connectivity index (χ1n) is 15.5. The number of benzene rings is 2. The van der Waals surface area contributed by atoms with Gasteiger partial charge in [-0.2, -0.15) is 0 Å². The third-order valence-corrected chi connectivity index (χ3v) is 9.89. The van der Waals surface area contributed by atoms with Gasteiger partial charge in [-0.05, 0) is 72.1 Å². The average molecular weight is 639 g/mol. The van der Waals surface area contributed by atoms with E-state index in [-0.39, 0.29) is 42.5 Å². The highest BCUT2D eigenvalue weighted by molar-refractivity contribution is 6.30. The van der Waals surface area contributed by atoms with Crippen molar-refractivity contribution in [3.63, 3.8) is 0 Å². The van der Waals surface area contributed by atoms with Gasteiger partial charge in [0.25, 0.3) is 11.8 Å². The molecule has 2 atom stereocenters. The number of halogens is 3. The van der Waals surface area contributed by atoms with Gasteiger partial charge >= 0.3 is 0 Å². The molecule has 0 saturated carbocycles. The summed E-state index contributed by atoms with van der Waals surface area (Å²) < 4.78 is 29.8. The number of carbonyl (C=O) groups excluding carboxylic acids is 4. The maximum Gasteiger partial charge on any atom is 0.257 e. The molecule has 3 aliphatic heterocycles. The standard InChI is InChI=1S/C34H37ClF2N4O4/c1-34(2)10-9-21(27(15-34)20-3-5-23(35)6-4-20)17-39-11-12-40(24(16-36)19-39)33(45)26-13-22-18-41(32(44)25(22)14-28(26)37)29-7-8-30(42)38-31(29)43/h3-6,13-14,24,29H,7-12,15-19H2,1-2H3,(H,38,42,43). The first-order valence-corrected chi connectivity index (χ1v) is 15.8. The lowest BCUT2D eigenvalue weighted by molar-refractivity contribution is -0.136. The Balaban J connectivity index is 1.17. The molecule has 0 spiro atoms. The molecule has 0 bridgehead atoms. The molecule has 2 unspecified atom stereocenters. The molecule has 0 aromatic heterocycles. The Morgan fingerprint density at radius 1 is 1.09 bits per heavy atom. The minimum Gasteiger partial charge on any atom is -0.330 e. The van der Waals surface area contributed by atoms with Crippen LogP contribution in [-0.4, -0.2) is 83.3 Å². The number of fused-ring (bicyclic) bond motifs is 1. The molecule has 1 aliphatic carbocycles. The predicted octanol–water partition coefficient (Wildman–Crippen LogP) is 5.00. The first kappa shape index (κ1) is 31.4. The average Bonchev–Trinajstić information content (AvgIpc) is 3.32. The number of piperidine rings is 1. The predicted molar refractivity (Wildman–Crippen MR) is 166 cm³/mol. The molecule has 0 radical (unpaired) electrons. The summed E-state index contributed by atoms with van der Waals surface area (Å²) in [6.07, 6.45) is 3.18. The summed E-state index contributed by atoms with van der Waals surface area (Å²) in [6.45, 7) is 5.51. The molecule has 4 amide bonds. The number of hydrogen-bond acceptors (Lipinski definition) is 5. The van der Waals surface area contributed by atoms with Gasteiger partial charge in [0, 0.05) is 49.7 Å². The van der Waals surface area contributed by atoms with Crippen molar-refractivity contribution in [2.45, 2.75) is 64.6 Å². The van der Waals surface area contributed by atoms with Crippen LogP contribution in [0, 0.1) is 11.2 Å². The lowest BCUT2D eigenvalue weighted by atomic mass is 9.72. The molecule has 3 heterocycles. The minimum absolute atomic E-state index is 0.0171. The second kappa shape index (κ2) is 12.3. The van der Waals surface area contributed by atoms with E-state index in [1.54, 1.807) is 0 Å². The van der Waals surface area contributed by atoms with E-state index in [0.29, 0.717) is 30.2 Å². The van der Waals surface area contributed by atoms with Gasteiger partial charge in [-0.25, -0.2) is 8.78 Å². The van der Waals surface area contributed by atoms with E-state index in [9.17, 15) is 23.6 Å². The molecular weight excluding hydrogens is 602 g/mol.